The van der Waals surface area contributed by atoms with E-state index in [9.17, 15) is 9.59 Å². The molecule has 2 amide bonds. The van der Waals surface area contributed by atoms with Crippen LogP contribution in [0.15, 0.2) is 42.5 Å². The largest absolute Gasteiger partial charge is 0.482 e. The van der Waals surface area contributed by atoms with Crippen molar-refractivity contribution < 1.29 is 14.3 Å². The van der Waals surface area contributed by atoms with Gasteiger partial charge in [-0.25, -0.2) is 0 Å². The summed E-state index contributed by atoms with van der Waals surface area (Å²) in [5, 5.41) is 2.90. The summed E-state index contributed by atoms with van der Waals surface area (Å²) in [4.78, 5) is 26.3. The van der Waals surface area contributed by atoms with Crippen molar-refractivity contribution >= 4 is 23.2 Å². The van der Waals surface area contributed by atoms with Gasteiger partial charge in [0, 0.05) is 11.7 Å². The van der Waals surface area contributed by atoms with Crippen LogP contribution in [-0.2, 0) is 16.0 Å². The highest BCUT2D eigenvalue weighted by atomic mass is 16.5. The molecule has 0 aliphatic carbocycles. The Hall–Kier alpha value is -2.86. The molecular weight excluding hydrogens is 330 g/mol. The van der Waals surface area contributed by atoms with Crippen molar-refractivity contribution in [3.05, 3.63) is 53.6 Å². The third kappa shape index (κ3) is 3.70. The van der Waals surface area contributed by atoms with E-state index in [0.717, 1.165) is 23.2 Å². The fourth-order valence-electron chi connectivity index (χ4n) is 2.96. The van der Waals surface area contributed by atoms with Crippen LogP contribution in [0.4, 0.5) is 11.4 Å². The Morgan fingerprint density at radius 2 is 2.08 bits per heavy atom. The summed E-state index contributed by atoms with van der Waals surface area (Å²) in [7, 11) is 0. The number of fused-ring (bicyclic) bond motifs is 1. The van der Waals surface area contributed by atoms with Gasteiger partial charge < -0.3 is 15.8 Å². The zero-order chi connectivity index (χ0) is 18.7. The molecule has 26 heavy (non-hydrogen) atoms. The molecule has 1 heterocycles. The summed E-state index contributed by atoms with van der Waals surface area (Å²) >= 11 is 0. The molecular formula is C20H23N3O3. The van der Waals surface area contributed by atoms with Gasteiger partial charge in [0.25, 0.3) is 5.91 Å². The minimum absolute atomic E-state index is 0.0738. The number of benzene rings is 2. The fraction of sp³-hybridized carbons (Fsp3) is 0.300. The zero-order valence-corrected chi connectivity index (χ0v) is 15.0. The molecule has 1 aliphatic rings. The summed E-state index contributed by atoms with van der Waals surface area (Å²) in [6.07, 6.45) is 0.813. The number of nitrogens with two attached hydrogens (primary N) is 1. The number of rotatable bonds is 5. The Morgan fingerprint density at radius 1 is 1.31 bits per heavy atom. The SMILES string of the molecule is CCc1ccccc1NC(=O)CN1C(=O)COc2ccc(C(C)N)cc21. The van der Waals surface area contributed by atoms with Gasteiger partial charge in [0.2, 0.25) is 5.91 Å². The van der Waals surface area contributed by atoms with E-state index in [-0.39, 0.29) is 31.0 Å². The number of hydrogen-bond donors (Lipinski definition) is 2. The standard InChI is InChI=1S/C20H23N3O3/c1-3-14-6-4-5-7-16(14)22-19(24)11-23-17-10-15(13(2)21)8-9-18(17)26-12-20(23)25/h4-10,13H,3,11-12,21H2,1-2H3,(H,22,24). The van der Waals surface area contributed by atoms with E-state index < -0.39 is 0 Å². The highest BCUT2D eigenvalue weighted by molar-refractivity contribution is 6.05. The van der Waals surface area contributed by atoms with Crippen molar-refractivity contribution in [2.45, 2.75) is 26.3 Å². The normalized spacial score (nSPS) is 14.4. The molecule has 3 rings (SSSR count). The minimum Gasteiger partial charge on any atom is -0.482 e. The Balaban J connectivity index is 1.82. The molecule has 0 saturated heterocycles. The van der Waals surface area contributed by atoms with Crippen LogP contribution < -0.4 is 20.7 Å². The molecule has 0 bridgehead atoms. The molecule has 1 atom stereocenters. The van der Waals surface area contributed by atoms with Crippen LogP contribution in [0.2, 0.25) is 0 Å². The van der Waals surface area contributed by atoms with E-state index >= 15 is 0 Å². The lowest BCUT2D eigenvalue weighted by atomic mass is 10.1. The maximum absolute atomic E-state index is 12.6. The van der Waals surface area contributed by atoms with E-state index in [1.807, 2.05) is 50.2 Å². The van der Waals surface area contributed by atoms with Crippen molar-refractivity contribution in [2.75, 3.05) is 23.4 Å². The molecule has 3 N–H and O–H groups in total. The first-order valence-corrected chi connectivity index (χ1v) is 8.70. The molecule has 136 valence electrons. The van der Waals surface area contributed by atoms with Crippen LogP contribution in [0, 0.1) is 0 Å². The molecule has 0 aromatic heterocycles. The van der Waals surface area contributed by atoms with E-state index in [1.54, 1.807) is 6.07 Å². The monoisotopic (exact) mass is 353 g/mol. The summed E-state index contributed by atoms with van der Waals surface area (Å²) in [6.45, 7) is 3.74. The summed E-state index contributed by atoms with van der Waals surface area (Å²) < 4.78 is 5.47. The maximum Gasteiger partial charge on any atom is 0.265 e. The predicted octanol–water partition coefficient (Wildman–Crippen LogP) is 2.63. The van der Waals surface area contributed by atoms with E-state index in [0.29, 0.717) is 11.4 Å². The number of aryl methyl sites for hydroxylation is 1. The van der Waals surface area contributed by atoms with Crippen molar-refractivity contribution in [1.82, 2.24) is 0 Å². The van der Waals surface area contributed by atoms with E-state index in [1.165, 1.54) is 4.90 Å². The smallest absolute Gasteiger partial charge is 0.265 e. The summed E-state index contributed by atoms with van der Waals surface area (Å²) in [6, 6.07) is 12.9. The van der Waals surface area contributed by atoms with Crippen LogP contribution >= 0.6 is 0 Å². The van der Waals surface area contributed by atoms with Crippen LogP contribution in [0.3, 0.4) is 0 Å². The predicted molar refractivity (Wildman–Crippen MR) is 101 cm³/mol. The lowest BCUT2D eigenvalue weighted by Crippen LogP contribution is -2.43. The highest BCUT2D eigenvalue weighted by Gasteiger charge is 2.28. The second kappa shape index (κ2) is 7.58. The number of para-hydroxylation sites is 1. The van der Waals surface area contributed by atoms with Crippen LogP contribution in [-0.4, -0.2) is 25.0 Å². The molecule has 0 spiro atoms. The number of nitrogens with one attached hydrogen (secondary N) is 1. The Bertz CT molecular complexity index is 833. The fourth-order valence-corrected chi connectivity index (χ4v) is 2.96. The van der Waals surface area contributed by atoms with Gasteiger partial charge in [-0.05, 0) is 42.7 Å². The molecule has 1 unspecified atom stereocenters. The topological polar surface area (TPSA) is 84.7 Å². The van der Waals surface area contributed by atoms with Crippen molar-refractivity contribution in [3.8, 4) is 5.75 Å². The third-order valence-corrected chi connectivity index (χ3v) is 4.43. The quantitative estimate of drug-likeness (QED) is 0.865. The number of nitrogens with zero attached hydrogens (tertiary/aromatic N) is 1. The number of carbonyl (C=O) groups is 2. The lowest BCUT2D eigenvalue weighted by Gasteiger charge is -2.29. The Labute approximate surface area is 152 Å². The van der Waals surface area contributed by atoms with Crippen LogP contribution in [0.5, 0.6) is 5.75 Å². The highest BCUT2D eigenvalue weighted by Crippen LogP contribution is 2.34. The van der Waals surface area contributed by atoms with Gasteiger partial charge in [0.1, 0.15) is 12.3 Å². The van der Waals surface area contributed by atoms with E-state index in [4.69, 9.17) is 10.5 Å². The molecule has 6 nitrogen and oxygen atoms in total. The average molecular weight is 353 g/mol. The molecule has 6 heteroatoms. The van der Waals surface area contributed by atoms with Crippen molar-refractivity contribution in [2.24, 2.45) is 5.73 Å². The number of hydrogen-bond acceptors (Lipinski definition) is 4. The van der Waals surface area contributed by atoms with Crippen LogP contribution in [0.1, 0.15) is 31.0 Å². The molecule has 2 aromatic rings. The van der Waals surface area contributed by atoms with Gasteiger partial charge in [0.15, 0.2) is 6.61 Å². The summed E-state index contributed by atoms with van der Waals surface area (Å²) in [5.74, 6) is 0.0762. The molecule has 1 aliphatic heterocycles. The number of amides is 2. The zero-order valence-electron chi connectivity index (χ0n) is 15.0. The Morgan fingerprint density at radius 3 is 2.81 bits per heavy atom. The minimum atomic E-state index is -0.252. The second-order valence-electron chi connectivity index (χ2n) is 6.34. The van der Waals surface area contributed by atoms with Gasteiger partial charge in [-0.15, -0.1) is 0 Å². The average Bonchev–Trinajstić information content (AvgIpc) is 2.64. The first-order chi connectivity index (χ1) is 12.5. The second-order valence-corrected chi connectivity index (χ2v) is 6.34. The van der Waals surface area contributed by atoms with Gasteiger partial charge >= 0.3 is 0 Å². The first-order valence-electron chi connectivity index (χ1n) is 8.70. The number of carbonyl (C=O) groups excluding carboxylic acids is 2. The Kier molecular flexibility index (Phi) is 5.23. The molecule has 0 saturated carbocycles. The molecule has 2 aromatic carbocycles. The number of ether oxygens (including phenoxy) is 1. The lowest BCUT2D eigenvalue weighted by molar-refractivity contribution is -0.123. The van der Waals surface area contributed by atoms with Crippen molar-refractivity contribution in [3.63, 3.8) is 0 Å². The van der Waals surface area contributed by atoms with Gasteiger partial charge in [-0.1, -0.05) is 31.2 Å². The molecule has 0 fully saturated rings. The van der Waals surface area contributed by atoms with E-state index in [2.05, 4.69) is 5.32 Å². The maximum atomic E-state index is 12.6. The van der Waals surface area contributed by atoms with Crippen LogP contribution in [0.25, 0.3) is 0 Å². The third-order valence-electron chi connectivity index (χ3n) is 4.43. The van der Waals surface area contributed by atoms with Crippen molar-refractivity contribution in [1.29, 1.82) is 0 Å². The molecule has 0 radical (unpaired) electrons. The number of anilines is 2. The summed E-state index contributed by atoms with van der Waals surface area (Å²) in [5.41, 5.74) is 9.21. The van der Waals surface area contributed by atoms with Gasteiger partial charge in [-0.2, -0.15) is 0 Å². The van der Waals surface area contributed by atoms with Gasteiger partial charge in [0.05, 0.1) is 5.69 Å². The first kappa shape index (κ1) is 17.9. The van der Waals surface area contributed by atoms with Gasteiger partial charge in [-0.3, -0.25) is 14.5 Å².